The summed E-state index contributed by atoms with van der Waals surface area (Å²) in [6.07, 6.45) is -2.31. The van der Waals surface area contributed by atoms with Crippen LogP contribution in [0.1, 0.15) is 70.8 Å². The van der Waals surface area contributed by atoms with Crippen LogP contribution in [-0.2, 0) is 49.6 Å². The predicted octanol–water partition coefficient (Wildman–Crippen LogP) is -5.29. The highest BCUT2D eigenvalue weighted by Gasteiger charge is 2.35. The van der Waals surface area contributed by atoms with E-state index in [9.17, 15) is 68.7 Å². The molecule has 0 unspecified atom stereocenters. The minimum Gasteiger partial charge on any atom is -0.508 e. The van der Waals surface area contributed by atoms with Crippen molar-refractivity contribution in [2.45, 2.75) is 126 Å². The lowest BCUT2D eigenvalue weighted by molar-refractivity contribution is -0.141. The molecule has 0 saturated carbocycles. The molecule has 0 radical (unpaired) electrons. The Labute approximate surface area is 392 Å². The van der Waals surface area contributed by atoms with E-state index in [2.05, 4.69) is 55.2 Å². The van der Waals surface area contributed by atoms with Crippen LogP contribution in [0, 0.1) is 5.41 Å². The molecule has 1 rings (SSSR count). The molecule has 0 bridgehead atoms. The third-order valence-electron chi connectivity index (χ3n) is 9.85. The number of nitrogens with two attached hydrogens (primary N) is 3. The number of thiol groups is 1. The highest BCUT2D eigenvalue weighted by Crippen LogP contribution is 2.13. The lowest BCUT2D eigenvalue weighted by Gasteiger charge is -2.27. The number of rotatable bonds is 32. The quantitative estimate of drug-likeness (QED) is 0.0139. The maximum atomic E-state index is 14.0. The number of carboxylic acids is 2. The number of carbonyl (C=O) groups is 9. The summed E-state index contributed by atoms with van der Waals surface area (Å²) < 4.78 is 0. The molecule has 9 atom stereocenters. The van der Waals surface area contributed by atoms with Gasteiger partial charge in [-0.2, -0.15) is 12.6 Å². The molecule has 67 heavy (non-hydrogen) atoms. The normalized spacial score (nSPS) is 15.0. The first kappa shape index (κ1) is 58.7. The maximum Gasteiger partial charge on any atom is 0.305 e. The molecule has 0 aliphatic heterocycles. The van der Waals surface area contributed by atoms with Crippen LogP contribution in [-0.4, -0.2) is 165 Å². The first-order valence-electron chi connectivity index (χ1n) is 21.3. The average molecular weight is 971 g/mol. The number of phenolic OH excluding ortho intramolecular Hbond substituents is 1. The van der Waals surface area contributed by atoms with E-state index in [1.54, 1.807) is 6.92 Å². The number of guanidine groups is 1. The molecule has 0 aliphatic carbocycles. The van der Waals surface area contributed by atoms with Crippen LogP contribution < -0.4 is 59.7 Å². The van der Waals surface area contributed by atoms with Gasteiger partial charge in [-0.3, -0.25) is 48.6 Å². The summed E-state index contributed by atoms with van der Waals surface area (Å²) in [6.45, 7) is 2.68. The van der Waals surface area contributed by atoms with Crippen LogP contribution >= 0.6 is 12.6 Å². The van der Waals surface area contributed by atoms with E-state index in [0.717, 1.165) is 0 Å². The smallest absolute Gasteiger partial charge is 0.305 e. The molecule has 0 fully saturated rings. The second-order valence-electron chi connectivity index (χ2n) is 15.6. The van der Waals surface area contributed by atoms with Crippen LogP contribution in [0.2, 0.25) is 0 Å². The number of phenols is 1. The summed E-state index contributed by atoms with van der Waals surface area (Å²) in [7, 11) is 0. The number of nitrogens with one attached hydrogen (secondary N) is 9. The lowest BCUT2D eigenvalue weighted by Crippen LogP contribution is -2.61. The number of aliphatic carboxylic acids is 2. The van der Waals surface area contributed by atoms with Crippen molar-refractivity contribution in [3.63, 3.8) is 0 Å². The fourth-order valence-electron chi connectivity index (χ4n) is 6.04. The van der Waals surface area contributed by atoms with Crippen molar-refractivity contribution in [2.24, 2.45) is 17.2 Å². The summed E-state index contributed by atoms with van der Waals surface area (Å²) in [5.74, 6) is -10.7. The Hall–Kier alpha value is -6.29. The van der Waals surface area contributed by atoms with Gasteiger partial charge in [0.25, 0.3) is 0 Å². The fourth-order valence-corrected chi connectivity index (χ4v) is 6.30. The molecule has 1 aromatic carbocycles. The molecular formula is C40H66N12O14S. The van der Waals surface area contributed by atoms with Gasteiger partial charge in [0.1, 0.15) is 48.0 Å². The SMILES string of the molecule is C[C@H](CCCNC(=N)N)NC(=O)[C@H](CO)NC(=O)[C@H](CCCCN)NC(=O)[C@H](CS)NC(=O)[C@H](Cc1ccc(O)cc1)NC(=O)[C@H](CCC(=O)O)NC(=O)[C@H](CC(=O)O)NC(=O)[C@@H](N)[C@@H](C)O. The number of aliphatic hydroxyl groups is 2. The number of amides is 7. The number of hydrogen-bond acceptors (Lipinski definition) is 16. The Morgan fingerprint density at radius 1 is 0.657 bits per heavy atom. The van der Waals surface area contributed by atoms with E-state index in [4.69, 9.17) is 22.6 Å². The Balaban J connectivity index is 3.39. The van der Waals surface area contributed by atoms with Crippen LogP contribution in [0.15, 0.2) is 24.3 Å². The summed E-state index contributed by atoms with van der Waals surface area (Å²) >= 11 is 4.20. The van der Waals surface area contributed by atoms with E-state index in [-0.39, 0.29) is 36.8 Å². The molecule has 27 heteroatoms. The number of unbranched alkanes of at least 4 members (excludes halogenated alkanes) is 1. The molecule has 0 aliphatic rings. The molecule has 7 amide bonds. The van der Waals surface area contributed by atoms with Crippen molar-refractivity contribution in [3.8, 4) is 5.75 Å². The topological polar surface area (TPSA) is 453 Å². The van der Waals surface area contributed by atoms with Gasteiger partial charge in [0, 0.05) is 31.2 Å². The zero-order chi connectivity index (χ0) is 50.8. The van der Waals surface area contributed by atoms with Crippen LogP contribution in [0.25, 0.3) is 0 Å². The van der Waals surface area contributed by atoms with E-state index in [1.165, 1.54) is 31.2 Å². The first-order chi connectivity index (χ1) is 31.5. The summed E-state index contributed by atoms with van der Waals surface area (Å²) in [6, 6.07) is -6.08. The molecule has 20 N–H and O–H groups in total. The van der Waals surface area contributed by atoms with Gasteiger partial charge in [0.2, 0.25) is 41.4 Å². The van der Waals surface area contributed by atoms with Gasteiger partial charge in [-0.25, -0.2) is 0 Å². The zero-order valence-corrected chi connectivity index (χ0v) is 38.2. The van der Waals surface area contributed by atoms with Crippen molar-refractivity contribution in [3.05, 3.63) is 29.8 Å². The summed E-state index contributed by atoms with van der Waals surface area (Å²) in [5, 5.41) is 75.0. The number of benzene rings is 1. The highest BCUT2D eigenvalue weighted by atomic mass is 32.1. The molecule has 0 heterocycles. The molecule has 376 valence electrons. The standard InChI is InChI=1S/C40H66N12O14S/c1-20(6-5-15-45-40(43)44)46-37(64)28(18-53)51-33(60)24(7-3-4-14-41)47-38(65)29(19-67)52-35(62)26(16-22-8-10-23(55)11-9-22)49-34(61)25(12-13-30(56)57)48-36(63)27(17-31(58)59)50-39(66)32(42)21(2)54/h8-11,20-21,24-29,32,53-55,67H,3-7,12-19,41-42H2,1-2H3,(H,46,64)(H,47,65)(H,48,63)(H,49,61)(H,50,66)(H,51,60)(H,52,62)(H,56,57)(H,58,59)(H4,43,44,45)/t20-,21-,24+,25+,26+,27+,28+,29+,32+/m1/s1. The Bertz CT molecular complexity index is 1840. The van der Waals surface area contributed by atoms with Crippen molar-refractivity contribution in [2.75, 3.05) is 25.4 Å². The lowest BCUT2D eigenvalue weighted by atomic mass is 10.0. The molecular weight excluding hydrogens is 905 g/mol. The van der Waals surface area contributed by atoms with Crippen LogP contribution in [0.4, 0.5) is 0 Å². The minimum atomic E-state index is -1.87. The second kappa shape index (κ2) is 30.8. The zero-order valence-electron chi connectivity index (χ0n) is 37.3. The third-order valence-corrected chi connectivity index (χ3v) is 10.2. The maximum absolute atomic E-state index is 14.0. The van der Waals surface area contributed by atoms with Gasteiger partial charge < -0.3 is 85.3 Å². The van der Waals surface area contributed by atoms with Gasteiger partial charge in [0.15, 0.2) is 5.96 Å². The fraction of sp³-hybridized carbons (Fsp3) is 0.600. The molecule has 0 aromatic heterocycles. The third kappa shape index (κ3) is 23.1. The molecule has 1 aromatic rings. The van der Waals surface area contributed by atoms with E-state index < -0.39 is 134 Å². The summed E-state index contributed by atoms with van der Waals surface area (Å²) in [4.78, 5) is 117. The van der Waals surface area contributed by atoms with Gasteiger partial charge in [-0.05, 0) is 76.6 Å². The van der Waals surface area contributed by atoms with Crippen LogP contribution in [0.3, 0.4) is 0 Å². The molecule has 0 saturated heterocycles. The van der Waals surface area contributed by atoms with Gasteiger partial charge in [-0.15, -0.1) is 0 Å². The number of aliphatic hydroxyl groups excluding tert-OH is 2. The number of aromatic hydroxyl groups is 1. The summed E-state index contributed by atoms with van der Waals surface area (Å²) in [5.41, 5.74) is 16.9. The van der Waals surface area contributed by atoms with Gasteiger partial charge in [-0.1, -0.05) is 12.1 Å². The van der Waals surface area contributed by atoms with E-state index in [0.29, 0.717) is 37.8 Å². The Kier molecular flexibility index (Phi) is 27.0. The second-order valence-corrected chi connectivity index (χ2v) is 15.9. The van der Waals surface area contributed by atoms with Crippen molar-refractivity contribution in [1.82, 2.24) is 42.5 Å². The average Bonchev–Trinajstić information content (AvgIpc) is 3.26. The van der Waals surface area contributed by atoms with Crippen molar-refractivity contribution in [1.29, 1.82) is 5.41 Å². The van der Waals surface area contributed by atoms with Gasteiger partial charge >= 0.3 is 11.9 Å². The van der Waals surface area contributed by atoms with E-state index in [1.807, 2.05) is 0 Å². The number of carboxylic acid groups (broad SMARTS) is 2. The van der Waals surface area contributed by atoms with Crippen molar-refractivity contribution < 1.29 is 68.7 Å². The Morgan fingerprint density at radius 3 is 1.67 bits per heavy atom. The minimum absolute atomic E-state index is 0.00861. The predicted molar refractivity (Wildman–Crippen MR) is 243 cm³/mol. The van der Waals surface area contributed by atoms with E-state index >= 15 is 0 Å². The number of hydrogen-bond donors (Lipinski definition) is 18. The number of carbonyl (C=O) groups excluding carboxylic acids is 7. The first-order valence-corrected chi connectivity index (χ1v) is 21.9. The largest absolute Gasteiger partial charge is 0.508 e. The Morgan fingerprint density at radius 2 is 1.15 bits per heavy atom. The highest BCUT2D eigenvalue weighted by molar-refractivity contribution is 7.80. The monoisotopic (exact) mass is 970 g/mol. The molecule has 26 nitrogen and oxygen atoms in total. The molecule has 0 spiro atoms. The van der Waals surface area contributed by atoms with Crippen LogP contribution in [0.5, 0.6) is 5.75 Å². The van der Waals surface area contributed by atoms with Gasteiger partial charge in [0.05, 0.1) is 19.1 Å². The van der Waals surface area contributed by atoms with Crippen molar-refractivity contribution >= 4 is 71.9 Å².